The molecule has 1 aliphatic rings. The third-order valence-corrected chi connectivity index (χ3v) is 6.19. The number of benzene rings is 3. The molecule has 5 nitrogen and oxygen atoms in total. The van der Waals surface area contributed by atoms with Crippen molar-refractivity contribution in [2.45, 2.75) is 38.5 Å². The number of nitrogens with zero attached hydrogens (tertiary/aromatic N) is 1. The third-order valence-electron chi connectivity index (χ3n) is 5.89. The number of halogens is 1. The second kappa shape index (κ2) is 9.45. The first-order valence-corrected chi connectivity index (χ1v) is 10.9. The van der Waals surface area contributed by atoms with Crippen LogP contribution in [0.2, 0.25) is 5.02 Å². The average Bonchev–Trinajstić information content (AvgIpc) is 2.83. The second-order valence-electron chi connectivity index (χ2n) is 7.95. The van der Waals surface area contributed by atoms with Crippen LogP contribution in [-0.4, -0.2) is 27.9 Å². The van der Waals surface area contributed by atoms with Gasteiger partial charge in [0.25, 0.3) is 0 Å². The van der Waals surface area contributed by atoms with Crippen LogP contribution in [0, 0.1) is 0 Å². The van der Waals surface area contributed by atoms with Crippen molar-refractivity contribution in [3.8, 4) is 5.75 Å². The summed E-state index contributed by atoms with van der Waals surface area (Å²) in [7, 11) is 0. The zero-order valence-electron chi connectivity index (χ0n) is 17.7. The van der Waals surface area contributed by atoms with Gasteiger partial charge in [-0.2, -0.15) is 0 Å². The summed E-state index contributed by atoms with van der Waals surface area (Å²) in [5.41, 5.74) is 3.44. The van der Waals surface area contributed by atoms with E-state index in [4.69, 9.17) is 16.3 Å². The Kier molecular flexibility index (Phi) is 6.47. The molecule has 0 aliphatic carbocycles. The van der Waals surface area contributed by atoms with E-state index in [9.17, 15) is 14.7 Å². The SMILES string of the molecule is C[C@H](C(=O)N1Cc2ccc(Cl)c(OCc3ccccc3)c2C[C@@H]1C(=O)O)c1ccccc1. The maximum atomic E-state index is 13.3. The summed E-state index contributed by atoms with van der Waals surface area (Å²) in [4.78, 5) is 26.9. The van der Waals surface area contributed by atoms with E-state index >= 15 is 0 Å². The molecule has 32 heavy (non-hydrogen) atoms. The lowest BCUT2D eigenvalue weighted by Gasteiger charge is -2.37. The number of rotatable bonds is 6. The highest BCUT2D eigenvalue weighted by molar-refractivity contribution is 6.32. The van der Waals surface area contributed by atoms with Crippen LogP contribution in [0.25, 0.3) is 0 Å². The molecule has 1 amide bonds. The predicted octanol–water partition coefficient (Wildman–Crippen LogP) is 5.06. The van der Waals surface area contributed by atoms with Crippen LogP contribution < -0.4 is 4.74 Å². The van der Waals surface area contributed by atoms with E-state index in [-0.39, 0.29) is 18.9 Å². The van der Waals surface area contributed by atoms with E-state index in [1.165, 1.54) is 4.90 Å². The summed E-state index contributed by atoms with van der Waals surface area (Å²) in [6.45, 7) is 2.33. The van der Waals surface area contributed by atoms with Crippen LogP contribution in [0.5, 0.6) is 5.75 Å². The van der Waals surface area contributed by atoms with Crippen molar-refractivity contribution in [3.05, 3.63) is 100 Å². The number of aliphatic carboxylic acids is 1. The van der Waals surface area contributed by atoms with Gasteiger partial charge in [-0.1, -0.05) is 78.3 Å². The lowest BCUT2D eigenvalue weighted by molar-refractivity contribution is -0.152. The van der Waals surface area contributed by atoms with Crippen LogP contribution in [0.15, 0.2) is 72.8 Å². The first-order chi connectivity index (χ1) is 15.5. The molecule has 4 rings (SSSR count). The number of carboxylic acid groups (broad SMARTS) is 1. The molecule has 1 aliphatic heterocycles. The van der Waals surface area contributed by atoms with E-state index in [0.717, 1.165) is 22.3 Å². The Bertz CT molecular complexity index is 1120. The molecular formula is C26H24ClNO4. The van der Waals surface area contributed by atoms with Crippen molar-refractivity contribution in [1.82, 2.24) is 4.90 Å². The molecule has 1 heterocycles. The summed E-state index contributed by atoms with van der Waals surface area (Å²) in [6, 6.07) is 21.7. The Hall–Kier alpha value is -3.31. The minimum atomic E-state index is -1.04. The fourth-order valence-corrected chi connectivity index (χ4v) is 4.31. The number of fused-ring (bicyclic) bond motifs is 1. The van der Waals surface area contributed by atoms with Gasteiger partial charge in [-0.15, -0.1) is 0 Å². The first-order valence-electron chi connectivity index (χ1n) is 10.5. The Labute approximate surface area is 192 Å². The molecule has 0 spiro atoms. The number of ether oxygens (including phenoxy) is 1. The maximum absolute atomic E-state index is 13.3. The normalized spacial score (nSPS) is 16.2. The van der Waals surface area contributed by atoms with Crippen molar-refractivity contribution in [2.75, 3.05) is 0 Å². The van der Waals surface area contributed by atoms with Gasteiger partial charge in [-0.05, 0) is 29.7 Å². The van der Waals surface area contributed by atoms with Gasteiger partial charge in [0.15, 0.2) is 0 Å². The monoisotopic (exact) mass is 449 g/mol. The fourth-order valence-electron chi connectivity index (χ4n) is 4.08. The van der Waals surface area contributed by atoms with Crippen LogP contribution in [-0.2, 0) is 29.2 Å². The minimum Gasteiger partial charge on any atom is -0.487 e. The number of carbonyl (C=O) groups excluding carboxylic acids is 1. The standard InChI is InChI=1S/C26H24ClNO4/c1-17(19-10-6-3-7-11-19)25(29)28-15-20-12-13-22(27)24(21(20)14-23(28)26(30)31)32-16-18-8-4-2-5-9-18/h2-13,17,23H,14-16H2,1H3,(H,30,31)/t17-,23+/m0/s1. The second-order valence-corrected chi connectivity index (χ2v) is 8.35. The van der Waals surface area contributed by atoms with Gasteiger partial charge < -0.3 is 14.7 Å². The van der Waals surface area contributed by atoms with Gasteiger partial charge in [0.2, 0.25) is 5.91 Å². The number of carbonyl (C=O) groups is 2. The van der Waals surface area contributed by atoms with Crippen LogP contribution >= 0.6 is 11.6 Å². The van der Waals surface area contributed by atoms with Gasteiger partial charge in [-0.3, -0.25) is 4.79 Å². The molecule has 0 saturated heterocycles. The van der Waals surface area contributed by atoms with E-state index in [2.05, 4.69) is 0 Å². The van der Waals surface area contributed by atoms with Crippen molar-refractivity contribution < 1.29 is 19.4 Å². The van der Waals surface area contributed by atoms with E-state index in [1.807, 2.05) is 73.7 Å². The number of carboxylic acids is 1. The molecule has 1 N–H and O–H groups in total. The molecular weight excluding hydrogens is 426 g/mol. The Balaban J connectivity index is 1.63. The van der Waals surface area contributed by atoms with Gasteiger partial charge >= 0.3 is 5.97 Å². The Morgan fingerprint density at radius 1 is 1.06 bits per heavy atom. The topological polar surface area (TPSA) is 66.8 Å². The van der Waals surface area contributed by atoms with E-state index < -0.39 is 17.9 Å². The molecule has 6 heteroatoms. The van der Waals surface area contributed by atoms with E-state index in [1.54, 1.807) is 6.07 Å². The molecule has 2 atom stereocenters. The van der Waals surface area contributed by atoms with Crippen LogP contribution in [0.3, 0.4) is 0 Å². The third kappa shape index (κ3) is 4.48. The number of hydrogen-bond donors (Lipinski definition) is 1. The zero-order chi connectivity index (χ0) is 22.7. The summed E-state index contributed by atoms with van der Waals surface area (Å²) in [5.74, 6) is -1.21. The zero-order valence-corrected chi connectivity index (χ0v) is 18.5. The number of amides is 1. The first kappa shape index (κ1) is 21.9. The lowest BCUT2D eigenvalue weighted by atomic mass is 9.90. The van der Waals surface area contributed by atoms with Crippen molar-refractivity contribution in [1.29, 1.82) is 0 Å². The maximum Gasteiger partial charge on any atom is 0.326 e. The lowest BCUT2D eigenvalue weighted by Crippen LogP contribution is -2.50. The number of hydrogen-bond acceptors (Lipinski definition) is 3. The molecule has 0 radical (unpaired) electrons. The summed E-state index contributed by atoms with van der Waals surface area (Å²) in [6.07, 6.45) is 0.141. The molecule has 0 bridgehead atoms. The molecule has 0 fully saturated rings. The minimum absolute atomic E-state index is 0.141. The molecule has 0 saturated carbocycles. The fraction of sp³-hybridized carbons (Fsp3) is 0.231. The quantitative estimate of drug-likeness (QED) is 0.571. The van der Waals surface area contributed by atoms with Gasteiger partial charge in [-0.25, -0.2) is 4.79 Å². The highest BCUT2D eigenvalue weighted by Gasteiger charge is 2.38. The van der Waals surface area contributed by atoms with E-state index in [0.29, 0.717) is 17.4 Å². The molecule has 164 valence electrons. The Morgan fingerprint density at radius 3 is 2.38 bits per heavy atom. The van der Waals surface area contributed by atoms with Crippen molar-refractivity contribution >= 4 is 23.5 Å². The highest BCUT2D eigenvalue weighted by atomic mass is 35.5. The van der Waals surface area contributed by atoms with Gasteiger partial charge in [0.05, 0.1) is 10.9 Å². The smallest absolute Gasteiger partial charge is 0.326 e. The van der Waals surface area contributed by atoms with Crippen molar-refractivity contribution in [2.24, 2.45) is 0 Å². The molecule has 0 aromatic heterocycles. The summed E-state index contributed by atoms with van der Waals surface area (Å²) in [5, 5.41) is 10.4. The van der Waals surface area contributed by atoms with Gasteiger partial charge in [0.1, 0.15) is 18.4 Å². The predicted molar refractivity (Wildman–Crippen MR) is 123 cm³/mol. The van der Waals surface area contributed by atoms with Gasteiger partial charge in [0, 0.05) is 18.5 Å². The van der Waals surface area contributed by atoms with Crippen molar-refractivity contribution in [3.63, 3.8) is 0 Å². The molecule has 0 unspecified atom stereocenters. The molecule has 3 aromatic rings. The largest absolute Gasteiger partial charge is 0.487 e. The summed E-state index contributed by atoms with van der Waals surface area (Å²) < 4.78 is 6.03. The van der Waals surface area contributed by atoms with Crippen LogP contribution in [0.4, 0.5) is 0 Å². The Morgan fingerprint density at radius 2 is 1.72 bits per heavy atom. The highest BCUT2D eigenvalue weighted by Crippen LogP contribution is 2.38. The average molecular weight is 450 g/mol. The summed E-state index contributed by atoms with van der Waals surface area (Å²) >= 11 is 6.43. The molecule has 3 aromatic carbocycles. The van der Waals surface area contributed by atoms with Crippen LogP contribution in [0.1, 0.15) is 35.1 Å².